The summed E-state index contributed by atoms with van der Waals surface area (Å²) in [5.41, 5.74) is -0.284. The maximum Gasteiger partial charge on any atom is 0.0650 e. The lowest BCUT2D eigenvalue weighted by Gasteiger charge is -2.23. The van der Waals surface area contributed by atoms with E-state index in [1.54, 1.807) is 0 Å². The van der Waals surface area contributed by atoms with Gasteiger partial charge >= 0.3 is 0 Å². The Morgan fingerprint density at radius 1 is 1.30 bits per heavy atom. The normalized spacial score (nSPS) is 24.0. The molecule has 0 aromatic rings. The van der Waals surface area contributed by atoms with E-state index in [2.05, 4.69) is 13.8 Å². The Balaban J connectivity index is 2.36. The first-order valence-electron chi connectivity index (χ1n) is 4.35. The highest BCUT2D eigenvalue weighted by molar-refractivity contribution is 4.84. The fourth-order valence-corrected chi connectivity index (χ4v) is 2.00. The van der Waals surface area contributed by atoms with Gasteiger partial charge in [-0.1, -0.05) is 26.7 Å². The molecule has 1 N–H and O–H groups in total. The Bertz CT molecular complexity index is 101. The smallest absolute Gasteiger partial charge is 0.0650 e. The van der Waals surface area contributed by atoms with Crippen molar-refractivity contribution in [3.05, 3.63) is 0 Å². The topological polar surface area (TPSA) is 20.2 Å². The van der Waals surface area contributed by atoms with Crippen LogP contribution in [0.4, 0.5) is 0 Å². The van der Waals surface area contributed by atoms with E-state index in [1.807, 2.05) is 0 Å². The van der Waals surface area contributed by atoms with Gasteiger partial charge in [0.2, 0.25) is 0 Å². The van der Waals surface area contributed by atoms with Gasteiger partial charge in [-0.05, 0) is 25.2 Å². The standard InChI is InChI=1S/C9H18O/c1-8(2)7-9(10)5-3-4-6-9/h8,10H,3-7H2,1-2H3. The molecule has 0 radical (unpaired) electrons. The molecule has 1 nitrogen and oxygen atoms in total. The molecule has 0 heterocycles. The molecule has 0 saturated heterocycles. The van der Waals surface area contributed by atoms with Gasteiger partial charge in [0, 0.05) is 0 Å². The second-order valence-corrected chi connectivity index (χ2v) is 4.03. The van der Waals surface area contributed by atoms with Crippen molar-refractivity contribution in [1.82, 2.24) is 0 Å². The third-order valence-electron chi connectivity index (χ3n) is 2.32. The van der Waals surface area contributed by atoms with Crippen LogP contribution in [0, 0.1) is 5.92 Å². The van der Waals surface area contributed by atoms with Gasteiger partial charge in [-0.25, -0.2) is 0 Å². The van der Waals surface area contributed by atoms with Gasteiger partial charge in [0.15, 0.2) is 0 Å². The third-order valence-corrected chi connectivity index (χ3v) is 2.32. The lowest BCUT2D eigenvalue weighted by atomic mass is 9.91. The lowest BCUT2D eigenvalue weighted by Crippen LogP contribution is -2.25. The highest BCUT2D eigenvalue weighted by atomic mass is 16.3. The molecule has 60 valence electrons. The first kappa shape index (κ1) is 8.06. The highest BCUT2D eigenvalue weighted by Gasteiger charge is 2.31. The SMILES string of the molecule is CC(C)CC1(O)CCCC1. The van der Waals surface area contributed by atoms with E-state index in [-0.39, 0.29) is 5.60 Å². The second kappa shape index (κ2) is 2.91. The summed E-state index contributed by atoms with van der Waals surface area (Å²) in [5.74, 6) is 0.642. The average molecular weight is 142 g/mol. The van der Waals surface area contributed by atoms with Crippen LogP contribution in [0.2, 0.25) is 0 Å². The Morgan fingerprint density at radius 2 is 1.80 bits per heavy atom. The summed E-state index contributed by atoms with van der Waals surface area (Å²) < 4.78 is 0. The van der Waals surface area contributed by atoms with Crippen LogP contribution in [0.1, 0.15) is 46.0 Å². The third kappa shape index (κ3) is 1.98. The van der Waals surface area contributed by atoms with Gasteiger partial charge in [0.05, 0.1) is 5.60 Å². The van der Waals surface area contributed by atoms with Crippen molar-refractivity contribution < 1.29 is 5.11 Å². The fraction of sp³-hybridized carbons (Fsp3) is 1.00. The van der Waals surface area contributed by atoms with E-state index in [0.717, 1.165) is 19.3 Å². The van der Waals surface area contributed by atoms with Gasteiger partial charge in [0.1, 0.15) is 0 Å². The van der Waals surface area contributed by atoms with E-state index in [9.17, 15) is 5.11 Å². The fourth-order valence-electron chi connectivity index (χ4n) is 2.00. The summed E-state index contributed by atoms with van der Waals surface area (Å²) in [6.07, 6.45) is 5.51. The zero-order chi connectivity index (χ0) is 7.61. The van der Waals surface area contributed by atoms with Crippen LogP contribution >= 0.6 is 0 Å². The van der Waals surface area contributed by atoms with Gasteiger partial charge in [-0.3, -0.25) is 0 Å². The molecule has 1 heteroatoms. The largest absolute Gasteiger partial charge is 0.390 e. The zero-order valence-electron chi connectivity index (χ0n) is 7.06. The summed E-state index contributed by atoms with van der Waals surface area (Å²) in [5, 5.41) is 9.86. The lowest BCUT2D eigenvalue weighted by molar-refractivity contribution is 0.0268. The molecule has 0 spiro atoms. The Labute approximate surface area is 63.4 Å². The van der Waals surface area contributed by atoms with Crippen LogP contribution in [-0.4, -0.2) is 10.7 Å². The van der Waals surface area contributed by atoms with E-state index in [0.29, 0.717) is 5.92 Å². The summed E-state index contributed by atoms with van der Waals surface area (Å²) in [6.45, 7) is 4.35. The van der Waals surface area contributed by atoms with Crippen LogP contribution in [0.5, 0.6) is 0 Å². The molecule has 1 saturated carbocycles. The van der Waals surface area contributed by atoms with Crippen molar-refractivity contribution in [3.8, 4) is 0 Å². The van der Waals surface area contributed by atoms with Crippen LogP contribution in [0.15, 0.2) is 0 Å². The second-order valence-electron chi connectivity index (χ2n) is 4.03. The maximum absolute atomic E-state index is 9.86. The molecule has 0 bridgehead atoms. The van der Waals surface area contributed by atoms with Crippen molar-refractivity contribution >= 4 is 0 Å². The molecule has 0 aromatic carbocycles. The van der Waals surface area contributed by atoms with Gasteiger partial charge in [-0.2, -0.15) is 0 Å². The molecule has 10 heavy (non-hydrogen) atoms. The minimum Gasteiger partial charge on any atom is -0.390 e. The Hall–Kier alpha value is -0.0400. The molecule has 1 rings (SSSR count). The highest BCUT2D eigenvalue weighted by Crippen LogP contribution is 2.34. The van der Waals surface area contributed by atoms with Crippen molar-refractivity contribution in [2.45, 2.75) is 51.6 Å². The first-order valence-corrected chi connectivity index (χ1v) is 4.35. The maximum atomic E-state index is 9.86. The summed E-state index contributed by atoms with van der Waals surface area (Å²) in [7, 11) is 0. The number of hydrogen-bond acceptors (Lipinski definition) is 1. The molecule has 0 aliphatic heterocycles. The monoisotopic (exact) mass is 142 g/mol. The van der Waals surface area contributed by atoms with Crippen LogP contribution < -0.4 is 0 Å². The Morgan fingerprint density at radius 3 is 2.20 bits per heavy atom. The quantitative estimate of drug-likeness (QED) is 0.627. The average Bonchev–Trinajstić information content (AvgIpc) is 2.12. The first-order chi connectivity index (χ1) is 4.62. The van der Waals surface area contributed by atoms with Crippen molar-refractivity contribution in [1.29, 1.82) is 0 Å². The van der Waals surface area contributed by atoms with E-state index in [4.69, 9.17) is 0 Å². The van der Waals surface area contributed by atoms with Crippen LogP contribution in [-0.2, 0) is 0 Å². The van der Waals surface area contributed by atoms with Gasteiger partial charge in [0.25, 0.3) is 0 Å². The molecule has 1 aliphatic rings. The molecular weight excluding hydrogens is 124 g/mol. The number of hydrogen-bond donors (Lipinski definition) is 1. The van der Waals surface area contributed by atoms with Crippen molar-refractivity contribution in [2.75, 3.05) is 0 Å². The number of rotatable bonds is 2. The number of aliphatic hydroxyl groups is 1. The molecule has 1 fully saturated rings. The minimum atomic E-state index is -0.284. The van der Waals surface area contributed by atoms with E-state index >= 15 is 0 Å². The molecule has 0 aromatic heterocycles. The molecule has 0 amide bonds. The minimum absolute atomic E-state index is 0.284. The summed E-state index contributed by atoms with van der Waals surface area (Å²) in [4.78, 5) is 0. The molecular formula is C9H18O. The summed E-state index contributed by atoms with van der Waals surface area (Å²) >= 11 is 0. The van der Waals surface area contributed by atoms with Crippen molar-refractivity contribution in [2.24, 2.45) is 5.92 Å². The van der Waals surface area contributed by atoms with Crippen LogP contribution in [0.3, 0.4) is 0 Å². The molecule has 0 atom stereocenters. The van der Waals surface area contributed by atoms with E-state index in [1.165, 1.54) is 12.8 Å². The Kier molecular flexibility index (Phi) is 2.35. The van der Waals surface area contributed by atoms with E-state index < -0.39 is 0 Å². The van der Waals surface area contributed by atoms with Crippen molar-refractivity contribution in [3.63, 3.8) is 0 Å². The predicted molar refractivity (Wildman–Crippen MR) is 42.9 cm³/mol. The molecule has 1 aliphatic carbocycles. The van der Waals surface area contributed by atoms with Crippen LogP contribution in [0.25, 0.3) is 0 Å². The molecule has 0 unspecified atom stereocenters. The summed E-state index contributed by atoms with van der Waals surface area (Å²) in [6, 6.07) is 0. The zero-order valence-corrected chi connectivity index (χ0v) is 7.06. The predicted octanol–water partition coefficient (Wildman–Crippen LogP) is 2.34. The van der Waals surface area contributed by atoms with Gasteiger partial charge < -0.3 is 5.11 Å². The van der Waals surface area contributed by atoms with Gasteiger partial charge in [-0.15, -0.1) is 0 Å².